The smallest absolute Gasteiger partial charge is 0.338 e. The van der Waals surface area contributed by atoms with Crippen LogP contribution in [0.15, 0.2) is 88.5 Å². The minimum atomic E-state index is -0.524. The Morgan fingerprint density at radius 2 is 1.50 bits per heavy atom. The van der Waals surface area contributed by atoms with Gasteiger partial charge in [-0.2, -0.15) is 0 Å². The summed E-state index contributed by atoms with van der Waals surface area (Å²) in [7, 11) is 1.61. The van der Waals surface area contributed by atoms with Gasteiger partial charge in [-0.25, -0.2) is 9.59 Å². The number of ether oxygens (including phenoxy) is 1. The first-order chi connectivity index (χ1) is 14.5. The standard InChI is InChI=1S/C24H20N2O4/c1-25-21-13-12-19(23(28)30-16-18-10-6-3-7-11-18)14-20(21)22(27)26(24(25)29)15-17-8-4-2-5-9-17/h2-14H,15-16H2,1H3. The summed E-state index contributed by atoms with van der Waals surface area (Å²) in [5.41, 5.74) is 1.61. The molecule has 4 rings (SSSR count). The number of benzene rings is 3. The average Bonchev–Trinajstić information content (AvgIpc) is 2.80. The molecule has 0 aliphatic rings. The van der Waals surface area contributed by atoms with Crippen LogP contribution in [0.1, 0.15) is 21.5 Å². The molecule has 30 heavy (non-hydrogen) atoms. The van der Waals surface area contributed by atoms with Gasteiger partial charge in [0.2, 0.25) is 0 Å². The van der Waals surface area contributed by atoms with Gasteiger partial charge < -0.3 is 4.74 Å². The Labute approximate surface area is 172 Å². The fourth-order valence-electron chi connectivity index (χ4n) is 3.36. The van der Waals surface area contributed by atoms with Crippen LogP contribution in [0.2, 0.25) is 0 Å². The largest absolute Gasteiger partial charge is 0.457 e. The van der Waals surface area contributed by atoms with Crippen molar-refractivity contribution in [2.45, 2.75) is 13.2 Å². The Kier molecular flexibility index (Phi) is 5.30. The van der Waals surface area contributed by atoms with Crippen LogP contribution in [-0.4, -0.2) is 15.1 Å². The van der Waals surface area contributed by atoms with Gasteiger partial charge in [-0.15, -0.1) is 0 Å². The molecule has 4 aromatic rings. The van der Waals surface area contributed by atoms with Crippen LogP contribution < -0.4 is 11.2 Å². The molecule has 0 amide bonds. The summed E-state index contributed by atoms with van der Waals surface area (Å²) in [6.07, 6.45) is 0. The predicted octanol–water partition coefficient (Wildman–Crippen LogP) is 3.11. The number of aromatic nitrogens is 2. The molecule has 0 bridgehead atoms. The fourth-order valence-corrected chi connectivity index (χ4v) is 3.36. The summed E-state index contributed by atoms with van der Waals surface area (Å²) in [5, 5.41) is 0.294. The highest BCUT2D eigenvalue weighted by molar-refractivity contribution is 5.94. The van der Waals surface area contributed by atoms with Gasteiger partial charge in [-0.3, -0.25) is 13.9 Å². The monoisotopic (exact) mass is 400 g/mol. The van der Waals surface area contributed by atoms with E-state index in [0.717, 1.165) is 11.1 Å². The van der Waals surface area contributed by atoms with Crippen LogP contribution in [-0.2, 0) is 24.9 Å². The fraction of sp³-hybridized carbons (Fsp3) is 0.125. The second kappa shape index (κ2) is 8.21. The second-order valence-electron chi connectivity index (χ2n) is 7.01. The highest BCUT2D eigenvalue weighted by Crippen LogP contribution is 2.13. The Bertz CT molecular complexity index is 1320. The molecule has 1 aromatic heterocycles. The molecule has 1 heterocycles. The van der Waals surface area contributed by atoms with Crippen molar-refractivity contribution in [3.8, 4) is 0 Å². The van der Waals surface area contributed by atoms with E-state index >= 15 is 0 Å². The molecular weight excluding hydrogens is 380 g/mol. The highest BCUT2D eigenvalue weighted by atomic mass is 16.5. The van der Waals surface area contributed by atoms with Gasteiger partial charge in [0, 0.05) is 7.05 Å². The van der Waals surface area contributed by atoms with Crippen molar-refractivity contribution in [1.29, 1.82) is 0 Å². The maximum atomic E-state index is 13.1. The number of esters is 1. The lowest BCUT2D eigenvalue weighted by molar-refractivity contribution is 0.0473. The molecule has 0 unspecified atom stereocenters. The van der Waals surface area contributed by atoms with Crippen molar-refractivity contribution in [2.24, 2.45) is 7.05 Å². The van der Waals surface area contributed by atoms with Gasteiger partial charge in [0.15, 0.2) is 0 Å². The summed E-state index contributed by atoms with van der Waals surface area (Å²) in [6, 6.07) is 23.3. The van der Waals surface area contributed by atoms with E-state index in [4.69, 9.17) is 4.74 Å². The van der Waals surface area contributed by atoms with Crippen molar-refractivity contribution in [3.05, 3.63) is 116 Å². The third-order valence-electron chi connectivity index (χ3n) is 4.98. The first-order valence-corrected chi connectivity index (χ1v) is 9.53. The Morgan fingerprint density at radius 3 is 2.17 bits per heavy atom. The van der Waals surface area contributed by atoms with Gasteiger partial charge in [-0.05, 0) is 29.3 Å². The number of fused-ring (bicyclic) bond motifs is 1. The van der Waals surface area contributed by atoms with Crippen LogP contribution in [0.25, 0.3) is 10.9 Å². The maximum Gasteiger partial charge on any atom is 0.338 e. The van der Waals surface area contributed by atoms with Crippen molar-refractivity contribution in [2.75, 3.05) is 0 Å². The van der Waals surface area contributed by atoms with Gasteiger partial charge in [-0.1, -0.05) is 60.7 Å². The topological polar surface area (TPSA) is 70.3 Å². The molecule has 0 atom stereocenters. The number of carbonyl (C=O) groups is 1. The van der Waals surface area contributed by atoms with Gasteiger partial charge in [0.25, 0.3) is 5.56 Å². The van der Waals surface area contributed by atoms with E-state index in [1.807, 2.05) is 60.7 Å². The van der Waals surface area contributed by atoms with Crippen LogP contribution in [0.3, 0.4) is 0 Å². The summed E-state index contributed by atoms with van der Waals surface area (Å²) < 4.78 is 7.96. The van der Waals surface area contributed by atoms with Gasteiger partial charge in [0.1, 0.15) is 6.61 Å². The zero-order chi connectivity index (χ0) is 21.1. The van der Waals surface area contributed by atoms with Crippen LogP contribution in [0.5, 0.6) is 0 Å². The lowest BCUT2D eigenvalue weighted by Gasteiger charge is -2.12. The molecule has 0 N–H and O–H groups in total. The molecule has 0 radical (unpaired) electrons. The average molecular weight is 400 g/mol. The number of hydrogen-bond acceptors (Lipinski definition) is 4. The third-order valence-corrected chi connectivity index (χ3v) is 4.98. The lowest BCUT2D eigenvalue weighted by atomic mass is 10.1. The Balaban J connectivity index is 1.70. The lowest BCUT2D eigenvalue weighted by Crippen LogP contribution is -2.39. The number of nitrogens with zero attached hydrogens (tertiary/aromatic N) is 2. The molecule has 0 aliphatic heterocycles. The summed E-state index contributed by atoms with van der Waals surface area (Å²) >= 11 is 0. The molecule has 0 aliphatic carbocycles. The van der Waals surface area contributed by atoms with E-state index in [1.165, 1.54) is 15.2 Å². The van der Waals surface area contributed by atoms with Crippen LogP contribution >= 0.6 is 0 Å². The van der Waals surface area contributed by atoms with Gasteiger partial charge in [0.05, 0.1) is 23.0 Å². The number of aryl methyl sites for hydroxylation is 1. The highest BCUT2D eigenvalue weighted by Gasteiger charge is 2.15. The summed E-state index contributed by atoms with van der Waals surface area (Å²) in [5.74, 6) is -0.524. The minimum Gasteiger partial charge on any atom is -0.457 e. The third kappa shape index (κ3) is 3.80. The van der Waals surface area contributed by atoms with E-state index in [2.05, 4.69) is 0 Å². The van der Waals surface area contributed by atoms with E-state index in [1.54, 1.807) is 19.2 Å². The molecule has 150 valence electrons. The number of carbonyl (C=O) groups excluding carboxylic acids is 1. The van der Waals surface area contributed by atoms with Crippen molar-refractivity contribution in [3.63, 3.8) is 0 Å². The molecule has 0 saturated carbocycles. The number of rotatable bonds is 5. The molecule has 0 fully saturated rings. The van der Waals surface area contributed by atoms with E-state index in [0.29, 0.717) is 10.9 Å². The van der Waals surface area contributed by atoms with Crippen LogP contribution in [0, 0.1) is 0 Å². The summed E-state index contributed by atoms with van der Waals surface area (Å²) in [4.78, 5) is 38.3. The predicted molar refractivity (Wildman–Crippen MR) is 115 cm³/mol. The first-order valence-electron chi connectivity index (χ1n) is 9.53. The number of hydrogen-bond donors (Lipinski definition) is 0. The maximum absolute atomic E-state index is 13.1. The Morgan fingerprint density at radius 1 is 0.867 bits per heavy atom. The molecule has 0 spiro atoms. The molecule has 3 aromatic carbocycles. The Hall–Kier alpha value is -3.93. The van der Waals surface area contributed by atoms with Crippen molar-refractivity contribution < 1.29 is 9.53 Å². The SMILES string of the molecule is Cn1c(=O)n(Cc2ccccc2)c(=O)c2cc(C(=O)OCc3ccccc3)ccc21. The zero-order valence-electron chi connectivity index (χ0n) is 16.4. The summed E-state index contributed by atoms with van der Waals surface area (Å²) in [6.45, 7) is 0.300. The van der Waals surface area contributed by atoms with E-state index in [-0.39, 0.29) is 18.7 Å². The molecule has 0 saturated heterocycles. The van der Waals surface area contributed by atoms with E-state index in [9.17, 15) is 14.4 Å². The first kappa shape index (κ1) is 19.4. The van der Waals surface area contributed by atoms with Crippen molar-refractivity contribution in [1.82, 2.24) is 9.13 Å². The van der Waals surface area contributed by atoms with Crippen molar-refractivity contribution >= 4 is 16.9 Å². The molecular formula is C24H20N2O4. The minimum absolute atomic E-state index is 0.142. The van der Waals surface area contributed by atoms with Gasteiger partial charge >= 0.3 is 11.7 Å². The quantitative estimate of drug-likeness (QED) is 0.483. The molecule has 6 nitrogen and oxygen atoms in total. The normalized spacial score (nSPS) is 10.8. The molecule has 6 heteroatoms. The van der Waals surface area contributed by atoms with E-state index < -0.39 is 17.2 Å². The second-order valence-corrected chi connectivity index (χ2v) is 7.01. The van der Waals surface area contributed by atoms with Crippen LogP contribution in [0.4, 0.5) is 0 Å². The zero-order valence-corrected chi connectivity index (χ0v) is 16.4.